The number of hydrogen-bond donors (Lipinski definition) is 1. The second kappa shape index (κ2) is 9.17. The van der Waals surface area contributed by atoms with Crippen LogP contribution in [0.15, 0.2) is 0 Å². The number of ether oxygens (including phenoxy) is 1. The number of aliphatic hydroxyl groups is 1. The Morgan fingerprint density at radius 1 is 0.913 bits per heavy atom. The third kappa shape index (κ3) is 8.85. The van der Waals surface area contributed by atoms with Crippen molar-refractivity contribution in [2.75, 3.05) is 0 Å². The van der Waals surface area contributed by atoms with Gasteiger partial charge in [0.15, 0.2) is 5.78 Å². The molecule has 1 unspecified atom stereocenters. The molecule has 138 valence electrons. The van der Waals surface area contributed by atoms with Gasteiger partial charge in [0.1, 0.15) is 5.60 Å². The van der Waals surface area contributed by atoms with E-state index in [0.29, 0.717) is 0 Å². The van der Waals surface area contributed by atoms with Crippen LogP contribution in [0.5, 0.6) is 0 Å². The van der Waals surface area contributed by atoms with Gasteiger partial charge in [0.25, 0.3) is 0 Å². The molecule has 0 saturated carbocycles. The molecule has 0 aromatic heterocycles. The number of unbranched alkanes of at least 4 members (excludes halogenated alkanes) is 5. The fourth-order valence-corrected chi connectivity index (χ4v) is 2.98. The van der Waals surface area contributed by atoms with Crippen molar-refractivity contribution in [3.63, 3.8) is 0 Å². The molecule has 0 spiro atoms. The Hall–Kier alpha value is -0.410. The summed E-state index contributed by atoms with van der Waals surface area (Å²) >= 11 is 0. The molecule has 0 aliphatic carbocycles. The number of hydrogen-bond acceptors (Lipinski definition) is 3. The van der Waals surface area contributed by atoms with E-state index >= 15 is 0 Å². The first-order valence-corrected chi connectivity index (χ1v) is 9.27. The van der Waals surface area contributed by atoms with E-state index in [2.05, 4.69) is 6.92 Å². The summed E-state index contributed by atoms with van der Waals surface area (Å²) in [5.74, 6) is 0.0715. The molecule has 0 radical (unpaired) electrons. The number of ketones is 1. The van der Waals surface area contributed by atoms with Crippen molar-refractivity contribution < 1.29 is 14.6 Å². The highest BCUT2D eigenvalue weighted by Crippen LogP contribution is 2.30. The molecule has 23 heavy (non-hydrogen) atoms. The molecule has 0 rings (SSSR count). The van der Waals surface area contributed by atoms with Gasteiger partial charge in [-0.2, -0.15) is 0 Å². The van der Waals surface area contributed by atoms with Crippen molar-refractivity contribution in [2.24, 2.45) is 5.41 Å². The monoisotopic (exact) mass is 328 g/mol. The molecule has 0 aliphatic rings. The fourth-order valence-electron chi connectivity index (χ4n) is 2.98. The van der Waals surface area contributed by atoms with Gasteiger partial charge < -0.3 is 9.84 Å². The van der Waals surface area contributed by atoms with Crippen molar-refractivity contribution in [3.8, 4) is 0 Å². The summed E-state index contributed by atoms with van der Waals surface area (Å²) in [5.41, 5.74) is -2.28. The van der Waals surface area contributed by atoms with E-state index in [1.807, 2.05) is 34.6 Å². The van der Waals surface area contributed by atoms with Crippen LogP contribution in [-0.2, 0) is 9.53 Å². The smallest absolute Gasteiger partial charge is 0.169 e. The SMILES string of the molecule is CCCCCCCCC(OC(C)(C)C(=O)C(C)(C)C)C(C)(C)O. The standard InChI is InChI=1S/C20H40O3/c1-9-10-11-12-13-14-15-16(19(5,6)22)23-20(7,8)17(21)18(2,3)4/h16,22H,9-15H2,1-8H3. The minimum absolute atomic E-state index is 0.0715. The van der Waals surface area contributed by atoms with E-state index in [4.69, 9.17) is 4.74 Å². The number of rotatable bonds is 11. The zero-order chi connectivity index (χ0) is 18.3. The molecule has 0 aromatic rings. The molecule has 0 saturated heterocycles. The molecule has 0 aromatic carbocycles. The van der Waals surface area contributed by atoms with Gasteiger partial charge in [0.05, 0.1) is 11.7 Å². The van der Waals surface area contributed by atoms with Crippen molar-refractivity contribution in [1.29, 1.82) is 0 Å². The van der Waals surface area contributed by atoms with E-state index in [1.54, 1.807) is 13.8 Å². The van der Waals surface area contributed by atoms with E-state index in [-0.39, 0.29) is 11.9 Å². The Balaban J connectivity index is 4.66. The summed E-state index contributed by atoms with van der Waals surface area (Å²) in [6.45, 7) is 15.1. The molecule has 3 nitrogen and oxygen atoms in total. The quantitative estimate of drug-likeness (QED) is 0.524. The Labute approximate surface area is 144 Å². The molecule has 0 heterocycles. The van der Waals surface area contributed by atoms with Gasteiger partial charge in [-0.15, -0.1) is 0 Å². The molecular formula is C20H40O3. The second-order valence-corrected chi connectivity index (χ2v) is 8.91. The number of carbonyl (C=O) groups excluding carboxylic acids is 1. The molecule has 0 amide bonds. The van der Waals surface area contributed by atoms with Gasteiger partial charge >= 0.3 is 0 Å². The van der Waals surface area contributed by atoms with Crippen LogP contribution in [0, 0.1) is 5.41 Å². The Morgan fingerprint density at radius 2 is 1.39 bits per heavy atom. The largest absolute Gasteiger partial charge is 0.388 e. The average molecular weight is 329 g/mol. The first kappa shape index (κ1) is 22.6. The lowest BCUT2D eigenvalue weighted by Gasteiger charge is -2.38. The van der Waals surface area contributed by atoms with Crippen LogP contribution in [0.1, 0.15) is 100 Å². The minimum Gasteiger partial charge on any atom is -0.388 e. The van der Waals surface area contributed by atoms with E-state index in [0.717, 1.165) is 19.3 Å². The predicted molar refractivity (Wildman–Crippen MR) is 97.7 cm³/mol. The second-order valence-electron chi connectivity index (χ2n) is 8.91. The summed E-state index contributed by atoms with van der Waals surface area (Å²) in [4.78, 5) is 12.6. The van der Waals surface area contributed by atoms with Crippen molar-refractivity contribution in [3.05, 3.63) is 0 Å². The molecule has 1 atom stereocenters. The van der Waals surface area contributed by atoms with Crippen LogP contribution in [0.2, 0.25) is 0 Å². The van der Waals surface area contributed by atoms with Crippen LogP contribution in [-0.4, -0.2) is 28.2 Å². The summed E-state index contributed by atoms with van der Waals surface area (Å²) in [7, 11) is 0. The van der Waals surface area contributed by atoms with Crippen LogP contribution < -0.4 is 0 Å². The predicted octanol–water partition coefficient (Wildman–Crippen LogP) is 5.29. The van der Waals surface area contributed by atoms with Crippen LogP contribution in [0.3, 0.4) is 0 Å². The highest BCUT2D eigenvalue weighted by molar-refractivity contribution is 5.91. The van der Waals surface area contributed by atoms with E-state index in [1.165, 1.54) is 25.7 Å². The maximum absolute atomic E-state index is 12.6. The molecular weight excluding hydrogens is 288 g/mol. The van der Waals surface area contributed by atoms with Gasteiger partial charge in [0, 0.05) is 5.41 Å². The lowest BCUT2D eigenvalue weighted by molar-refractivity contribution is -0.176. The van der Waals surface area contributed by atoms with Crippen molar-refractivity contribution in [1.82, 2.24) is 0 Å². The zero-order valence-corrected chi connectivity index (χ0v) is 16.8. The first-order chi connectivity index (χ1) is 10.3. The highest BCUT2D eigenvalue weighted by Gasteiger charge is 2.41. The zero-order valence-electron chi connectivity index (χ0n) is 16.8. The average Bonchev–Trinajstić information content (AvgIpc) is 2.38. The van der Waals surface area contributed by atoms with Gasteiger partial charge in [0.2, 0.25) is 0 Å². The first-order valence-electron chi connectivity index (χ1n) is 9.27. The normalized spacial score (nSPS) is 14.8. The molecule has 0 bridgehead atoms. The van der Waals surface area contributed by atoms with Gasteiger partial charge in [-0.05, 0) is 34.1 Å². The van der Waals surface area contributed by atoms with Gasteiger partial charge in [-0.3, -0.25) is 4.79 Å². The molecule has 3 heteroatoms. The number of Topliss-reactive ketones (excluding diaryl/α,β-unsaturated/α-hetero) is 1. The van der Waals surface area contributed by atoms with E-state index < -0.39 is 16.6 Å². The topological polar surface area (TPSA) is 46.5 Å². The lowest BCUT2D eigenvalue weighted by atomic mass is 9.81. The fraction of sp³-hybridized carbons (Fsp3) is 0.950. The molecule has 0 fully saturated rings. The molecule has 0 aliphatic heterocycles. The summed E-state index contributed by atoms with van der Waals surface area (Å²) in [6, 6.07) is 0. The molecule has 1 N–H and O–H groups in total. The third-order valence-electron chi connectivity index (χ3n) is 4.27. The van der Waals surface area contributed by atoms with Crippen molar-refractivity contribution in [2.45, 2.75) is 118 Å². The summed E-state index contributed by atoms with van der Waals surface area (Å²) < 4.78 is 6.12. The number of carbonyl (C=O) groups is 1. The minimum atomic E-state index is -0.946. The van der Waals surface area contributed by atoms with Crippen molar-refractivity contribution >= 4 is 5.78 Å². The maximum atomic E-state index is 12.6. The highest BCUT2D eigenvalue weighted by atomic mass is 16.5. The maximum Gasteiger partial charge on any atom is 0.169 e. The van der Waals surface area contributed by atoms with Gasteiger partial charge in [-0.1, -0.05) is 66.2 Å². The van der Waals surface area contributed by atoms with E-state index in [9.17, 15) is 9.90 Å². The van der Waals surface area contributed by atoms with Crippen LogP contribution in [0.4, 0.5) is 0 Å². The lowest BCUT2D eigenvalue weighted by Crippen LogP contribution is -2.50. The third-order valence-corrected chi connectivity index (χ3v) is 4.27. The van der Waals surface area contributed by atoms with Crippen LogP contribution >= 0.6 is 0 Å². The van der Waals surface area contributed by atoms with Crippen LogP contribution in [0.25, 0.3) is 0 Å². The summed E-state index contributed by atoms with van der Waals surface area (Å²) in [5, 5.41) is 10.4. The Bertz CT molecular complexity index is 345. The van der Waals surface area contributed by atoms with Gasteiger partial charge in [-0.25, -0.2) is 0 Å². The summed E-state index contributed by atoms with van der Waals surface area (Å²) in [6.07, 6.45) is 7.69. The Kier molecular flexibility index (Phi) is 9.01. The Morgan fingerprint density at radius 3 is 1.83 bits per heavy atom.